The van der Waals surface area contributed by atoms with E-state index in [4.69, 9.17) is 5.26 Å². The second-order valence-corrected chi connectivity index (χ2v) is 4.79. The highest BCUT2D eigenvalue weighted by Gasteiger charge is 2.17. The molecule has 0 spiro atoms. The zero-order chi connectivity index (χ0) is 12.1. The number of aryl methyl sites for hydroxylation is 2. The molecule has 1 N–H and O–H groups in total. The number of nitrogens with one attached hydrogen (secondary N) is 1. The summed E-state index contributed by atoms with van der Waals surface area (Å²) in [7, 11) is 0. The van der Waals surface area contributed by atoms with Crippen LogP contribution in [-0.4, -0.2) is 16.9 Å². The Bertz CT molecular complexity index is 419. The van der Waals surface area contributed by atoms with E-state index in [1.807, 2.05) is 13.8 Å². The average molecular weight is 237 g/mol. The summed E-state index contributed by atoms with van der Waals surface area (Å²) in [5.74, 6) is -0.192. The van der Waals surface area contributed by atoms with Crippen LogP contribution in [0.1, 0.15) is 40.1 Å². The molecule has 1 aromatic heterocycles. The normalized spacial score (nSPS) is 11.9. The number of hydrogen-bond donors (Lipinski definition) is 1. The third-order valence-corrected chi connectivity index (χ3v) is 3.22. The fraction of sp³-hybridized carbons (Fsp3) is 0.545. The van der Waals surface area contributed by atoms with Crippen LogP contribution in [0.25, 0.3) is 0 Å². The smallest absolute Gasteiger partial charge is 0.264 e. The molecule has 1 unspecified atom stereocenters. The molecule has 1 aromatic rings. The van der Waals surface area contributed by atoms with E-state index >= 15 is 0 Å². The molecule has 16 heavy (non-hydrogen) atoms. The predicted molar refractivity (Wildman–Crippen MR) is 63.4 cm³/mol. The summed E-state index contributed by atoms with van der Waals surface area (Å²) in [4.78, 5) is 16.6. The van der Waals surface area contributed by atoms with E-state index in [1.165, 1.54) is 11.3 Å². The molecular formula is C11H15N3OS. The highest BCUT2D eigenvalue weighted by Crippen LogP contribution is 2.17. The van der Waals surface area contributed by atoms with Gasteiger partial charge in [0.25, 0.3) is 5.91 Å². The summed E-state index contributed by atoms with van der Waals surface area (Å²) in [6.45, 7) is 5.65. The number of carbonyl (C=O) groups excluding carboxylic acids is 1. The Morgan fingerprint density at radius 3 is 2.75 bits per heavy atom. The molecule has 0 saturated heterocycles. The van der Waals surface area contributed by atoms with E-state index < -0.39 is 6.04 Å². The quantitative estimate of drug-likeness (QED) is 0.872. The lowest BCUT2D eigenvalue weighted by molar-refractivity contribution is 0.0947. The topological polar surface area (TPSA) is 65.8 Å². The Morgan fingerprint density at radius 2 is 2.31 bits per heavy atom. The van der Waals surface area contributed by atoms with Gasteiger partial charge in [-0.3, -0.25) is 4.79 Å². The summed E-state index contributed by atoms with van der Waals surface area (Å²) in [5.41, 5.74) is 0.730. The third kappa shape index (κ3) is 3.04. The Kier molecular flexibility index (Phi) is 4.44. The number of thiazole rings is 1. The zero-order valence-corrected chi connectivity index (χ0v) is 10.5. The molecule has 1 atom stereocenters. The Hall–Kier alpha value is -1.41. The van der Waals surface area contributed by atoms with Crippen molar-refractivity contribution in [3.05, 3.63) is 15.6 Å². The van der Waals surface area contributed by atoms with Crippen molar-refractivity contribution in [1.82, 2.24) is 10.3 Å². The molecule has 0 fully saturated rings. The van der Waals surface area contributed by atoms with E-state index in [-0.39, 0.29) is 5.91 Å². The van der Waals surface area contributed by atoms with Crippen LogP contribution in [-0.2, 0) is 0 Å². The number of nitriles is 1. The van der Waals surface area contributed by atoms with Crippen molar-refractivity contribution in [2.75, 3.05) is 0 Å². The van der Waals surface area contributed by atoms with Crippen molar-refractivity contribution in [1.29, 1.82) is 5.26 Å². The highest BCUT2D eigenvalue weighted by molar-refractivity contribution is 7.13. The first-order chi connectivity index (χ1) is 7.58. The van der Waals surface area contributed by atoms with Crippen molar-refractivity contribution < 1.29 is 4.79 Å². The molecule has 0 aliphatic heterocycles. The first-order valence-corrected chi connectivity index (χ1v) is 6.04. The molecule has 1 amide bonds. The van der Waals surface area contributed by atoms with Gasteiger partial charge in [0.15, 0.2) is 0 Å². The van der Waals surface area contributed by atoms with Crippen LogP contribution >= 0.6 is 11.3 Å². The summed E-state index contributed by atoms with van der Waals surface area (Å²) in [6, 6.07) is 1.68. The minimum Gasteiger partial charge on any atom is -0.336 e. The molecule has 0 aromatic carbocycles. The van der Waals surface area contributed by atoms with Gasteiger partial charge >= 0.3 is 0 Å². The zero-order valence-electron chi connectivity index (χ0n) is 9.70. The van der Waals surface area contributed by atoms with Gasteiger partial charge < -0.3 is 5.32 Å². The van der Waals surface area contributed by atoms with Crippen molar-refractivity contribution in [3.8, 4) is 6.07 Å². The van der Waals surface area contributed by atoms with E-state index in [0.29, 0.717) is 11.3 Å². The maximum Gasteiger partial charge on any atom is 0.264 e. The van der Waals surface area contributed by atoms with E-state index in [0.717, 1.165) is 17.1 Å². The fourth-order valence-corrected chi connectivity index (χ4v) is 2.25. The van der Waals surface area contributed by atoms with Crippen LogP contribution < -0.4 is 5.32 Å². The number of rotatable bonds is 4. The van der Waals surface area contributed by atoms with E-state index in [9.17, 15) is 4.79 Å². The van der Waals surface area contributed by atoms with Crippen LogP contribution in [0.5, 0.6) is 0 Å². The molecule has 0 aliphatic rings. The van der Waals surface area contributed by atoms with Gasteiger partial charge in [-0.15, -0.1) is 11.3 Å². The molecule has 4 nitrogen and oxygen atoms in total. The van der Waals surface area contributed by atoms with E-state index in [2.05, 4.69) is 16.4 Å². The monoisotopic (exact) mass is 237 g/mol. The Morgan fingerprint density at radius 1 is 1.62 bits per heavy atom. The van der Waals surface area contributed by atoms with Crippen LogP contribution in [0.4, 0.5) is 0 Å². The average Bonchev–Trinajstić information content (AvgIpc) is 2.57. The van der Waals surface area contributed by atoms with Gasteiger partial charge in [0.2, 0.25) is 0 Å². The second-order valence-electron chi connectivity index (χ2n) is 3.59. The largest absolute Gasteiger partial charge is 0.336 e. The van der Waals surface area contributed by atoms with Crippen LogP contribution in [0.15, 0.2) is 0 Å². The number of aromatic nitrogens is 1. The first-order valence-electron chi connectivity index (χ1n) is 5.23. The highest BCUT2D eigenvalue weighted by atomic mass is 32.1. The molecule has 1 heterocycles. The SMILES string of the molecule is CCCC(C#N)NC(=O)c1sc(C)nc1C. The van der Waals surface area contributed by atoms with Gasteiger partial charge in [0.1, 0.15) is 10.9 Å². The number of carbonyl (C=O) groups is 1. The van der Waals surface area contributed by atoms with Gasteiger partial charge in [-0.1, -0.05) is 13.3 Å². The molecule has 5 heteroatoms. The predicted octanol–water partition coefficient (Wildman–Crippen LogP) is 2.18. The van der Waals surface area contributed by atoms with Crippen molar-refractivity contribution >= 4 is 17.2 Å². The summed E-state index contributed by atoms with van der Waals surface area (Å²) >= 11 is 1.36. The van der Waals surface area contributed by atoms with E-state index in [1.54, 1.807) is 6.92 Å². The Balaban J connectivity index is 2.72. The van der Waals surface area contributed by atoms with Gasteiger partial charge in [0.05, 0.1) is 16.8 Å². The summed E-state index contributed by atoms with van der Waals surface area (Å²) < 4.78 is 0. The van der Waals surface area contributed by atoms with Gasteiger partial charge in [-0.05, 0) is 20.3 Å². The van der Waals surface area contributed by atoms with Crippen LogP contribution in [0, 0.1) is 25.2 Å². The first kappa shape index (κ1) is 12.7. The lowest BCUT2D eigenvalue weighted by atomic mass is 10.2. The standard InChI is InChI=1S/C11H15N3OS/c1-4-5-9(6-12)14-11(15)10-7(2)13-8(3)16-10/h9H,4-5H2,1-3H3,(H,14,15). The molecule has 0 saturated carbocycles. The molecule has 86 valence electrons. The third-order valence-electron chi connectivity index (χ3n) is 2.15. The maximum absolute atomic E-state index is 11.8. The maximum atomic E-state index is 11.8. The fourth-order valence-electron chi connectivity index (χ4n) is 1.42. The number of amides is 1. The van der Waals surface area contributed by atoms with Crippen molar-refractivity contribution in [2.24, 2.45) is 0 Å². The number of hydrogen-bond acceptors (Lipinski definition) is 4. The summed E-state index contributed by atoms with van der Waals surface area (Å²) in [6.07, 6.45) is 1.55. The van der Waals surface area contributed by atoms with Crippen molar-refractivity contribution in [2.45, 2.75) is 39.7 Å². The van der Waals surface area contributed by atoms with Crippen LogP contribution in [0.3, 0.4) is 0 Å². The molecule has 0 bridgehead atoms. The van der Waals surface area contributed by atoms with Crippen molar-refractivity contribution in [3.63, 3.8) is 0 Å². The second kappa shape index (κ2) is 5.61. The molecular weight excluding hydrogens is 222 g/mol. The van der Waals surface area contributed by atoms with Gasteiger partial charge in [-0.25, -0.2) is 4.98 Å². The lowest BCUT2D eigenvalue weighted by Crippen LogP contribution is -2.33. The minimum absolute atomic E-state index is 0.192. The molecule has 0 radical (unpaired) electrons. The lowest BCUT2D eigenvalue weighted by Gasteiger charge is -2.09. The van der Waals surface area contributed by atoms with Gasteiger partial charge in [-0.2, -0.15) is 5.26 Å². The summed E-state index contributed by atoms with van der Waals surface area (Å²) in [5, 5.41) is 12.4. The molecule has 1 rings (SSSR count). The number of nitrogens with zero attached hydrogens (tertiary/aromatic N) is 2. The molecule has 0 aliphatic carbocycles. The van der Waals surface area contributed by atoms with Crippen LogP contribution in [0.2, 0.25) is 0 Å². The Labute approximate surface area is 99.3 Å². The minimum atomic E-state index is -0.403. The van der Waals surface area contributed by atoms with Gasteiger partial charge in [0, 0.05) is 0 Å².